The highest BCUT2D eigenvalue weighted by molar-refractivity contribution is 5.88. The first-order valence-corrected chi connectivity index (χ1v) is 24.9. The number of nitrogens with zero attached hydrogens (tertiary/aromatic N) is 13. The highest BCUT2D eigenvalue weighted by Gasteiger charge is 2.24. The van der Waals surface area contributed by atoms with Crippen LogP contribution in [0, 0.1) is 45.9 Å². The van der Waals surface area contributed by atoms with E-state index >= 15 is 0 Å². The quantitative estimate of drug-likeness (QED) is 0.133. The fourth-order valence-corrected chi connectivity index (χ4v) is 10.3. The fraction of sp³-hybridized carbons (Fsp3) is 0.263. The van der Waals surface area contributed by atoms with Crippen LogP contribution < -0.4 is 15.1 Å². The predicted octanol–water partition coefficient (Wildman–Crippen LogP) is 8.05. The minimum atomic E-state index is -0.504. The Hall–Kier alpha value is -8.26. The summed E-state index contributed by atoms with van der Waals surface area (Å²) < 4.78 is 59.8. The molecule has 4 aliphatic heterocycles. The monoisotopic (exact) mass is 1010 g/mol. The Labute approximate surface area is 431 Å². The molecule has 14 nitrogen and oxygen atoms in total. The zero-order valence-electron chi connectivity index (χ0n) is 41.3. The van der Waals surface area contributed by atoms with Crippen molar-refractivity contribution < 1.29 is 17.6 Å². The second kappa shape index (κ2) is 21.3. The van der Waals surface area contributed by atoms with Crippen molar-refractivity contribution in [3.8, 4) is 34.4 Å². The summed E-state index contributed by atoms with van der Waals surface area (Å²) in [5.74, 6) is -0.308. The van der Waals surface area contributed by atoms with Crippen LogP contribution in [0.5, 0.6) is 0 Å². The molecule has 75 heavy (non-hydrogen) atoms. The number of fused-ring (bicyclic) bond motifs is 2. The van der Waals surface area contributed by atoms with E-state index < -0.39 is 23.3 Å². The predicted molar refractivity (Wildman–Crippen MR) is 280 cm³/mol. The van der Waals surface area contributed by atoms with Gasteiger partial charge in [-0.1, -0.05) is 24.3 Å². The van der Waals surface area contributed by atoms with E-state index in [1.165, 1.54) is 47.5 Å². The van der Waals surface area contributed by atoms with Crippen molar-refractivity contribution in [3.05, 3.63) is 179 Å². The third-order valence-electron chi connectivity index (χ3n) is 14.5. The normalized spacial score (nSPS) is 16.5. The van der Waals surface area contributed by atoms with Crippen LogP contribution >= 0.6 is 0 Å². The molecule has 2 fully saturated rings. The summed E-state index contributed by atoms with van der Waals surface area (Å²) in [6.45, 7) is 9.50. The largest absolute Gasteiger partial charge is 0.354 e. The van der Waals surface area contributed by atoms with Crippen molar-refractivity contribution in [3.63, 3.8) is 0 Å². The molecule has 0 amide bonds. The summed E-state index contributed by atoms with van der Waals surface area (Å²) in [5.41, 5.74) is 11.1. The first kappa shape index (κ1) is 49.0. The molecule has 0 unspecified atom stereocenters. The molecule has 0 bridgehead atoms. The van der Waals surface area contributed by atoms with Gasteiger partial charge in [-0.3, -0.25) is 14.7 Å². The molecule has 0 saturated carbocycles. The maximum Gasteiger partial charge on any atom is 0.130 e. The molecule has 18 heteroatoms. The lowest BCUT2D eigenvalue weighted by Crippen LogP contribution is -2.46. The smallest absolute Gasteiger partial charge is 0.130 e. The number of rotatable bonds is 10. The minimum absolute atomic E-state index is 0.118. The van der Waals surface area contributed by atoms with E-state index in [0.717, 1.165) is 82.2 Å². The van der Waals surface area contributed by atoms with Gasteiger partial charge in [0.15, 0.2) is 0 Å². The summed E-state index contributed by atoms with van der Waals surface area (Å²) in [7, 11) is 2.09. The summed E-state index contributed by atoms with van der Waals surface area (Å²) in [6, 6.07) is 24.8. The van der Waals surface area contributed by atoms with Crippen molar-refractivity contribution >= 4 is 33.8 Å². The topological polar surface area (TPSA) is 136 Å². The maximum absolute atomic E-state index is 14.1. The van der Waals surface area contributed by atoms with E-state index in [0.29, 0.717) is 63.5 Å². The number of pyridine rings is 4. The zero-order chi connectivity index (χ0) is 51.6. The summed E-state index contributed by atoms with van der Waals surface area (Å²) in [5, 5.41) is 31.5. The van der Waals surface area contributed by atoms with Crippen LogP contribution in [0.15, 0.2) is 122 Å². The van der Waals surface area contributed by atoms with Gasteiger partial charge in [0.05, 0.1) is 34.6 Å². The average molecular weight is 1010 g/mol. The zero-order valence-corrected chi connectivity index (χ0v) is 41.3. The standard InChI is InChI=1S/C29H27F2N7.C28H25F2N7/c1-35-8-7-21(17-35)22-13-24(29-23(14-32)16-34-38(29)18-22)20-5-6-28(33-15-20)37-11-9-36(10-12-37)19-25-26(30)3-2-4-27(25)31;29-25-2-1-3-26(30)24(25)18-35-8-10-36(11-9-35)27-5-4-20(15-33-27)23-12-21(19-6-7-32-14-19)17-37-28(23)22(13-31)16-34-37/h2-7,13,15-16,18H,8-12,17,19H2,1H3;1-6,12,15-17,32H,7-11,14,18H2. The lowest BCUT2D eigenvalue weighted by molar-refractivity contribution is 0.242. The van der Waals surface area contributed by atoms with E-state index in [-0.39, 0.29) is 24.2 Å². The SMILES string of the molecule is CN1CC=C(c2cc(-c3ccc(N4CCN(Cc5c(F)cccc5F)CC4)nc3)c3c(C#N)cnn3c2)C1.N#Cc1cnn2cc(C3=CCNC3)cc(-c3ccc(N4CCN(Cc5c(F)cccc5F)CC4)nc3)c12. The number of anilines is 2. The first-order chi connectivity index (χ1) is 36.6. The molecular weight excluding hydrogens is 957 g/mol. The number of aromatic nitrogens is 6. The second-order valence-corrected chi connectivity index (χ2v) is 19.2. The van der Waals surface area contributed by atoms with Crippen LogP contribution in [-0.2, 0) is 13.1 Å². The van der Waals surface area contributed by atoms with Gasteiger partial charge in [-0.2, -0.15) is 20.7 Å². The van der Waals surface area contributed by atoms with E-state index in [1.54, 1.807) is 21.4 Å². The highest BCUT2D eigenvalue weighted by Crippen LogP contribution is 2.34. The summed E-state index contributed by atoms with van der Waals surface area (Å²) in [4.78, 5) is 20.2. The lowest BCUT2D eigenvalue weighted by Gasteiger charge is -2.35. The van der Waals surface area contributed by atoms with Gasteiger partial charge in [0.2, 0.25) is 0 Å². The Morgan fingerprint density at radius 1 is 0.560 bits per heavy atom. The molecule has 2 aromatic carbocycles. The van der Waals surface area contributed by atoms with Crippen LogP contribution in [0.1, 0.15) is 33.4 Å². The van der Waals surface area contributed by atoms with Crippen LogP contribution in [-0.4, -0.2) is 129 Å². The molecule has 0 radical (unpaired) electrons. The van der Waals surface area contributed by atoms with Gasteiger partial charge in [0.1, 0.15) is 47.0 Å². The van der Waals surface area contributed by atoms with Gasteiger partial charge in [-0.05, 0) is 90.0 Å². The van der Waals surface area contributed by atoms with Crippen molar-refractivity contribution in [2.45, 2.75) is 13.1 Å². The van der Waals surface area contributed by atoms with E-state index in [9.17, 15) is 28.1 Å². The third-order valence-corrected chi connectivity index (χ3v) is 14.5. The van der Waals surface area contributed by atoms with Crippen LogP contribution in [0.3, 0.4) is 0 Å². The number of nitriles is 2. The average Bonchev–Trinajstić information content (AvgIpc) is 4.30. The van der Waals surface area contributed by atoms with Gasteiger partial charge < -0.3 is 15.1 Å². The van der Waals surface area contributed by atoms with Crippen molar-refractivity contribution in [1.29, 1.82) is 10.5 Å². The number of halogens is 4. The molecule has 0 atom stereocenters. The van der Waals surface area contributed by atoms with Gasteiger partial charge >= 0.3 is 0 Å². The maximum atomic E-state index is 14.1. The fourth-order valence-electron chi connectivity index (χ4n) is 10.3. The Morgan fingerprint density at radius 3 is 1.41 bits per heavy atom. The molecule has 378 valence electrons. The number of hydrogen-bond acceptors (Lipinski definition) is 12. The molecule has 0 aliphatic carbocycles. The number of hydrogen-bond donors (Lipinski definition) is 1. The Morgan fingerprint density at radius 2 is 1.03 bits per heavy atom. The molecule has 6 aromatic heterocycles. The molecule has 8 aromatic rings. The van der Waals surface area contributed by atoms with Crippen molar-refractivity contribution in [2.24, 2.45) is 0 Å². The molecule has 2 saturated heterocycles. The van der Waals surface area contributed by atoms with Crippen molar-refractivity contribution in [2.75, 3.05) is 95.4 Å². The van der Waals surface area contributed by atoms with Gasteiger partial charge in [-0.15, -0.1) is 0 Å². The van der Waals surface area contributed by atoms with Gasteiger partial charge in [0.25, 0.3) is 0 Å². The molecule has 4 aliphatic rings. The number of nitrogens with one attached hydrogen (secondary N) is 1. The molecule has 12 rings (SSSR count). The van der Waals surface area contributed by atoms with Crippen LogP contribution in [0.2, 0.25) is 0 Å². The molecule has 10 heterocycles. The third kappa shape index (κ3) is 10.2. The number of likely N-dealkylation sites (N-methyl/N-ethyl adjacent to an activating group) is 1. The highest BCUT2D eigenvalue weighted by atomic mass is 19.1. The summed E-state index contributed by atoms with van der Waals surface area (Å²) >= 11 is 0. The van der Waals surface area contributed by atoms with Gasteiger partial charge in [0, 0.05) is 150 Å². The minimum Gasteiger partial charge on any atom is -0.354 e. The first-order valence-electron chi connectivity index (χ1n) is 24.9. The second-order valence-electron chi connectivity index (χ2n) is 19.2. The van der Waals surface area contributed by atoms with E-state index in [2.05, 4.69) is 83.5 Å². The summed E-state index contributed by atoms with van der Waals surface area (Å²) in [6.07, 6.45) is 15.2. The Bertz CT molecular complexity index is 3520. The Kier molecular flexibility index (Phi) is 13.9. The lowest BCUT2D eigenvalue weighted by atomic mass is 10.00. The molecule has 0 spiro atoms. The number of benzene rings is 2. The van der Waals surface area contributed by atoms with Crippen LogP contribution in [0.25, 0.3) is 44.4 Å². The van der Waals surface area contributed by atoms with E-state index in [1.807, 2.05) is 49.1 Å². The van der Waals surface area contributed by atoms with Gasteiger partial charge in [-0.25, -0.2) is 36.6 Å². The number of piperazine rings is 2. The van der Waals surface area contributed by atoms with Crippen LogP contribution in [0.4, 0.5) is 29.2 Å². The van der Waals surface area contributed by atoms with Crippen molar-refractivity contribution in [1.82, 2.24) is 49.2 Å². The molecular formula is C57H52F4N14. The Balaban J connectivity index is 0.000000161. The molecule has 1 N–H and O–H groups in total. The van der Waals surface area contributed by atoms with E-state index in [4.69, 9.17) is 9.97 Å².